The molecule has 2 N–H and O–H groups in total. The molecule has 0 saturated carbocycles. The minimum Gasteiger partial charge on any atom is -0.326 e. The van der Waals surface area contributed by atoms with Gasteiger partial charge in [0, 0.05) is 23.7 Å². The largest absolute Gasteiger partial charge is 0.326 e. The van der Waals surface area contributed by atoms with Gasteiger partial charge in [0.25, 0.3) is 0 Å². The molecule has 2 amide bonds. The standard InChI is InChI=1S/C15H18ClN3O2S/c1-9(2)8-17-15-19-14(21)12(22-15)7-13(20)18-11-5-3-4-10(16)6-11/h3-6,9,12H,7-8H2,1-2H3,(H,18,20)(H,17,19,21)/t12-/m1/s1. The van der Waals surface area contributed by atoms with Crippen LogP contribution < -0.4 is 10.6 Å². The number of halogens is 1. The summed E-state index contributed by atoms with van der Waals surface area (Å²) in [5.74, 6) is 0.0314. The molecule has 1 aliphatic heterocycles. The van der Waals surface area contributed by atoms with Crippen molar-refractivity contribution in [3.63, 3.8) is 0 Å². The maximum Gasteiger partial charge on any atom is 0.240 e. The molecule has 1 aromatic carbocycles. The number of carbonyl (C=O) groups excluding carboxylic acids is 2. The van der Waals surface area contributed by atoms with Crippen LogP contribution in [0.25, 0.3) is 0 Å². The quantitative estimate of drug-likeness (QED) is 0.866. The summed E-state index contributed by atoms with van der Waals surface area (Å²) >= 11 is 7.17. The Morgan fingerprint density at radius 2 is 2.27 bits per heavy atom. The van der Waals surface area contributed by atoms with E-state index in [1.54, 1.807) is 24.3 Å². The van der Waals surface area contributed by atoms with E-state index in [1.165, 1.54) is 11.8 Å². The van der Waals surface area contributed by atoms with Crippen molar-refractivity contribution in [1.82, 2.24) is 5.32 Å². The highest BCUT2D eigenvalue weighted by Crippen LogP contribution is 2.23. The highest BCUT2D eigenvalue weighted by molar-refractivity contribution is 8.15. The maximum absolute atomic E-state index is 12.0. The molecule has 1 atom stereocenters. The molecule has 1 aliphatic rings. The molecule has 0 bridgehead atoms. The summed E-state index contributed by atoms with van der Waals surface area (Å²) in [6.45, 7) is 4.77. The fraction of sp³-hybridized carbons (Fsp3) is 0.400. The van der Waals surface area contributed by atoms with Gasteiger partial charge in [0.15, 0.2) is 5.17 Å². The molecule has 2 rings (SSSR count). The summed E-state index contributed by atoms with van der Waals surface area (Å²) in [5.41, 5.74) is 0.620. The fourth-order valence-corrected chi connectivity index (χ4v) is 3.00. The lowest BCUT2D eigenvalue weighted by Crippen LogP contribution is -2.28. The second kappa shape index (κ2) is 7.65. The van der Waals surface area contributed by atoms with Crippen molar-refractivity contribution in [3.8, 4) is 0 Å². The van der Waals surface area contributed by atoms with Crippen molar-refractivity contribution in [2.45, 2.75) is 25.5 Å². The zero-order valence-corrected chi connectivity index (χ0v) is 14.0. The van der Waals surface area contributed by atoms with Crippen molar-refractivity contribution >= 4 is 46.0 Å². The number of nitrogens with one attached hydrogen (secondary N) is 2. The van der Waals surface area contributed by atoms with E-state index in [9.17, 15) is 9.59 Å². The van der Waals surface area contributed by atoms with E-state index in [0.717, 1.165) is 0 Å². The number of hydrogen-bond acceptors (Lipinski definition) is 4. The summed E-state index contributed by atoms with van der Waals surface area (Å²) in [6, 6.07) is 6.90. The van der Waals surface area contributed by atoms with E-state index in [1.807, 2.05) is 0 Å². The first-order valence-electron chi connectivity index (χ1n) is 7.01. The Bertz CT molecular complexity index is 604. The average molecular weight is 340 g/mol. The lowest BCUT2D eigenvalue weighted by atomic mass is 10.2. The molecule has 118 valence electrons. The van der Waals surface area contributed by atoms with E-state index < -0.39 is 5.25 Å². The Morgan fingerprint density at radius 3 is 2.95 bits per heavy atom. The second-order valence-corrected chi connectivity index (χ2v) is 7.03. The summed E-state index contributed by atoms with van der Waals surface area (Å²) in [7, 11) is 0. The zero-order chi connectivity index (χ0) is 16.1. The molecule has 0 aromatic heterocycles. The number of hydrogen-bond donors (Lipinski definition) is 2. The molecule has 0 radical (unpaired) electrons. The van der Waals surface area contributed by atoms with Crippen LogP contribution in [0.4, 0.5) is 5.69 Å². The summed E-state index contributed by atoms with van der Waals surface area (Å²) < 4.78 is 0. The third-order valence-electron chi connectivity index (χ3n) is 2.86. The molecule has 1 fully saturated rings. The van der Waals surface area contributed by atoms with Gasteiger partial charge in [-0.05, 0) is 24.1 Å². The summed E-state index contributed by atoms with van der Waals surface area (Å²) in [4.78, 5) is 28.2. The first-order chi connectivity index (χ1) is 10.4. The van der Waals surface area contributed by atoms with Crippen molar-refractivity contribution < 1.29 is 9.59 Å². The first-order valence-corrected chi connectivity index (χ1v) is 8.27. The fourth-order valence-electron chi connectivity index (χ4n) is 1.83. The number of thioether (sulfide) groups is 1. The average Bonchev–Trinajstić information content (AvgIpc) is 2.77. The Hall–Kier alpha value is -1.53. The number of rotatable bonds is 5. The van der Waals surface area contributed by atoms with Crippen LogP contribution in [-0.4, -0.2) is 28.8 Å². The number of amides is 2. The van der Waals surface area contributed by atoms with Crippen LogP contribution in [0.2, 0.25) is 5.02 Å². The third kappa shape index (κ3) is 5.03. The van der Waals surface area contributed by atoms with E-state index >= 15 is 0 Å². The lowest BCUT2D eigenvalue weighted by Gasteiger charge is -2.07. The molecular weight excluding hydrogens is 322 g/mol. The van der Waals surface area contributed by atoms with Crippen LogP contribution in [0.15, 0.2) is 29.3 Å². The molecule has 0 unspecified atom stereocenters. The molecule has 1 aromatic rings. The number of amidine groups is 1. The van der Waals surface area contributed by atoms with E-state index in [-0.39, 0.29) is 18.2 Å². The van der Waals surface area contributed by atoms with Crippen LogP contribution in [0, 0.1) is 5.92 Å². The third-order valence-corrected chi connectivity index (χ3v) is 4.21. The smallest absolute Gasteiger partial charge is 0.240 e. The van der Waals surface area contributed by atoms with Gasteiger partial charge in [0.05, 0.1) is 0 Å². The normalized spacial score (nSPS) is 19.5. The molecule has 0 spiro atoms. The Labute approximate surface area is 138 Å². The van der Waals surface area contributed by atoms with Gasteiger partial charge in [-0.2, -0.15) is 0 Å². The molecule has 1 heterocycles. The summed E-state index contributed by atoms with van der Waals surface area (Å²) in [5, 5.41) is 6.16. The minimum atomic E-state index is -0.440. The lowest BCUT2D eigenvalue weighted by molar-refractivity contribution is -0.122. The maximum atomic E-state index is 12.0. The van der Waals surface area contributed by atoms with Gasteiger partial charge < -0.3 is 10.6 Å². The summed E-state index contributed by atoms with van der Waals surface area (Å²) in [6.07, 6.45) is 0.101. The first kappa shape index (κ1) is 16.8. The minimum absolute atomic E-state index is 0.101. The molecule has 1 saturated heterocycles. The molecular formula is C15H18ClN3O2S. The van der Waals surface area contributed by atoms with Gasteiger partial charge in [-0.25, -0.2) is 0 Å². The predicted molar refractivity (Wildman–Crippen MR) is 91.4 cm³/mol. The van der Waals surface area contributed by atoms with E-state index in [2.05, 4.69) is 29.5 Å². The van der Waals surface area contributed by atoms with Crippen molar-refractivity contribution in [2.24, 2.45) is 10.9 Å². The second-order valence-electron chi connectivity index (χ2n) is 5.40. The van der Waals surface area contributed by atoms with Gasteiger partial charge in [-0.15, -0.1) is 0 Å². The van der Waals surface area contributed by atoms with E-state index in [0.29, 0.717) is 28.3 Å². The van der Waals surface area contributed by atoms with Crippen LogP contribution in [0.3, 0.4) is 0 Å². The van der Waals surface area contributed by atoms with Crippen LogP contribution in [0.1, 0.15) is 20.3 Å². The Kier molecular flexibility index (Phi) is 5.85. The Balaban J connectivity index is 1.89. The van der Waals surface area contributed by atoms with Crippen molar-refractivity contribution in [1.29, 1.82) is 0 Å². The van der Waals surface area contributed by atoms with Crippen LogP contribution in [0.5, 0.6) is 0 Å². The zero-order valence-electron chi connectivity index (χ0n) is 12.4. The highest BCUT2D eigenvalue weighted by atomic mass is 35.5. The predicted octanol–water partition coefficient (Wildman–Crippen LogP) is 2.91. The van der Waals surface area contributed by atoms with Gasteiger partial charge in [0.1, 0.15) is 5.25 Å². The van der Waals surface area contributed by atoms with Gasteiger partial charge in [-0.1, -0.05) is 43.3 Å². The molecule has 22 heavy (non-hydrogen) atoms. The van der Waals surface area contributed by atoms with Gasteiger partial charge >= 0.3 is 0 Å². The van der Waals surface area contributed by atoms with Crippen LogP contribution >= 0.6 is 23.4 Å². The van der Waals surface area contributed by atoms with Gasteiger partial charge in [-0.3, -0.25) is 14.6 Å². The van der Waals surface area contributed by atoms with Crippen LogP contribution in [-0.2, 0) is 9.59 Å². The SMILES string of the molecule is CC(C)CN=C1NC(=O)[C@@H](CC(=O)Nc2cccc(Cl)c2)S1. The highest BCUT2D eigenvalue weighted by Gasteiger charge is 2.31. The Morgan fingerprint density at radius 1 is 1.50 bits per heavy atom. The number of nitrogens with zero attached hydrogens (tertiary/aromatic N) is 1. The van der Waals surface area contributed by atoms with Crippen molar-refractivity contribution in [3.05, 3.63) is 29.3 Å². The number of benzene rings is 1. The number of aliphatic imine (C=N–C) groups is 1. The monoisotopic (exact) mass is 339 g/mol. The molecule has 7 heteroatoms. The van der Waals surface area contributed by atoms with Crippen molar-refractivity contribution in [2.75, 3.05) is 11.9 Å². The number of anilines is 1. The van der Waals surface area contributed by atoms with E-state index in [4.69, 9.17) is 11.6 Å². The topological polar surface area (TPSA) is 70.6 Å². The molecule has 5 nitrogen and oxygen atoms in total. The number of carbonyl (C=O) groups is 2. The molecule has 0 aliphatic carbocycles. The van der Waals surface area contributed by atoms with Gasteiger partial charge in [0.2, 0.25) is 11.8 Å².